The maximum absolute atomic E-state index is 10.8. The molecule has 0 amide bonds. The lowest BCUT2D eigenvalue weighted by Crippen LogP contribution is -3.00. The third-order valence-electron chi connectivity index (χ3n) is 2.29. The van der Waals surface area contributed by atoms with Crippen LogP contribution in [0.2, 0.25) is 0 Å². The molecule has 0 atom stereocenters. The van der Waals surface area contributed by atoms with Gasteiger partial charge in [0.15, 0.2) is 12.7 Å². The van der Waals surface area contributed by atoms with Crippen molar-refractivity contribution in [3.8, 4) is 0 Å². The summed E-state index contributed by atoms with van der Waals surface area (Å²) in [5.74, 6) is 0. The summed E-state index contributed by atoms with van der Waals surface area (Å²) in [6.45, 7) is 0.732. The number of hydrogen-bond donors (Lipinski definition) is 0. The number of carbonyl (C=O) groups excluding carboxylic acids is 1. The molecule has 2 rings (SSSR count). The molecule has 1 heterocycles. The second-order valence-electron chi connectivity index (χ2n) is 3.36. The van der Waals surface area contributed by atoms with E-state index in [1.165, 1.54) is 5.56 Å². The molecule has 0 saturated carbocycles. The van der Waals surface area contributed by atoms with Gasteiger partial charge >= 0.3 is 0 Å². The summed E-state index contributed by atoms with van der Waals surface area (Å²) in [5, 5.41) is 0. The number of nitrogens with zero attached hydrogens (tertiary/aromatic N) is 1. The van der Waals surface area contributed by atoms with Crippen LogP contribution in [0.25, 0.3) is 0 Å². The Hall–Kier alpha value is -1.48. The molecule has 2 aromatic rings. The van der Waals surface area contributed by atoms with Crippen LogP contribution >= 0.6 is 0 Å². The van der Waals surface area contributed by atoms with Gasteiger partial charge in [-0.3, -0.25) is 4.79 Å². The number of rotatable bonds is 3. The normalized spacial score (nSPS) is 9.25. The highest BCUT2D eigenvalue weighted by atomic mass is 79.9. The molecule has 16 heavy (non-hydrogen) atoms. The molecule has 0 bridgehead atoms. The third-order valence-corrected chi connectivity index (χ3v) is 2.29. The molecule has 2 nitrogen and oxygen atoms in total. The molecule has 0 N–H and O–H groups in total. The number of carbonyl (C=O) groups is 1. The second-order valence-corrected chi connectivity index (χ2v) is 3.36. The fourth-order valence-electron chi connectivity index (χ4n) is 1.52. The van der Waals surface area contributed by atoms with Gasteiger partial charge in [-0.2, -0.15) is 4.57 Å². The standard InChI is InChI=1S/C13H12NO.BrH/c15-11-13-8-4-5-9-14(13)10-12-6-2-1-3-7-12;/h1-9,11H,10H2;1H/q+1;/p-1. The van der Waals surface area contributed by atoms with Gasteiger partial charge in [-0.1, -0.05) is 30.3 Å². The van der Waals surface area contributed by atoms with E-state index in [1.807, 2.05) is 47.2 Å². The molecule has 3 heteroatoms. The third kappa shape index (κ3) is 3.00. The van der Waals surface area contributed by atoms with Gasteiger partial charge in [0.25, 0.3) is 0 Å². The first kappa shape index (κ1) is 12.6. The van der Waals surface area contributed by atoms with Gasteiger partial charge in [0, 0.05) is 17.7 Å². The molecular weight excluding hydrogens is 266 g/mol. The SMILES string of the molecule is O=Cc1cccc[n+]1Cc1ccccc1.[Br-]. The van der Waals surface area contributed by atoms with E-state index in [4.69, 9.17) is 0 Å². The van der Waals surface area contributed by atoms with Crippen molar-refractivity contribution < 1.29 is 26.3 Å². The van der Waals surface area contributed by atoms with Crippen molar-refractivity contribution in [1.29, 1.82) is 0 Å². The van der Waals surface area contributed by atoms with Crippen molar-refractivity contribution in [2.45, 2.75) is 6.54 Å². The highest BCUT2D eigenvalue weighted by molar-refractivity contribution is 5.69. The quantitative estimate of drug-likeness (QED) is 0.512. The van der Waals surface area contributed by atoms with Crippen LogP contribution in [0.15, 0.2) is 54.7 Å². The Morgan fingerprint density at radius 3 is 2.38 bits per heavy atom. The van der Waals surface area contributed by atoms with Crippen molar-refractivity contribution in [2.24, 2.45) is 0 Å². The zero-order valence-electron chi connectivity index (χ0n) is 8.71. The van der Waals surface area contributed by atoms with Crippen molar-refractivity contribution in [1.82, 2.24) is 0 Å². The molecule has 82 valence electrons. The predicted octanol–water partition coefficient (Wildman–Crippen LogP) is -1.16. The predicted molar refractivity (Wildman–Crippen MR) is 57.6 cm³/mol. The molecule has 0 spiro atoms. The van der Waals surface area contributed by atoms with Gasteiger partial charge in [0.2, 0.25) is 12.0 Å². The van der Waals surface area contributed by atoms with Crippen LogP contribution in [0.1, 0.15) is 16.1 Å². The van der Waals surface area contributed by atoms with Crippen molar-refractivity contribution in [2.75, 3.05) is 0 Å². The van der Waals surface area contributed by atoms with Gasteiger partial charge in [-0.05, 0) is 6.07 Å². The molecule has 0 unspecified atom stereocenters. The van der Waals surface area contributed by atoms with Crippen LogP contribution < -0.4 is 21.5 Å². The van der Waals surface area contributed by atoms with E-state index >= 15 is 0 Å². The van der Waals surface area contributed by atoms with Crippen molar-refractivity contribution >= 4 is 6.29 Å². The summed E-state index contributed by atoms with van der Waals surface area (Å²) < 4.78 is 1.93. The highest BCUT2D eigenvalue weighted by Crippen LogP contribution is 1.98. The van der Waals surface area contributed by atoms with Crippen LogP contribution in [0, 0.1) is 0 Å². The van der Waals surface area contributed by atoms with Crippen LogP contribution in [-0.4, -0.2) is 6.29 Å². The first-order valence-corrected chi connectivity index (χ1v) is 4.88. The van der Waals surface area contributed by atoms with E-state index in [2.05, 4.69) is 12.1 Å². The minimum absolute atomic E-state index is 0. The van der Waals surface area contributed by atoms with Crippen LogP contribution in [0.3, 0.4) is 0 Å². The fraction of sp³-hybridized carbons (Fsp3) is 0.0769. The Balaban J connectivity index is 0.00000128. The average Bonchev–Trinajstić information content (AvgIpc) is 2.31. The Morgan fingerprint density at radius 1 is 1.00 bits per heavy atom. The van der Waals surface area contributed by atoms with Gasteiger partial charge in [0.05, 0.1) is 0 Å². The summed E-state index contributed by atoms with van der Waals surface area (Å²) in [7, 11) is 0. The lowest BCUT2D eigenvalue weighted by molar-refractivity contribution is -0.689. The van der Waals surface area contributed by atoms with E-state index in [0.29, 0.717) is 5.69 Å². The van der Waals surface area contributed by atoms with Crippen molar-refractivity contribution in [3.63, 3.8) is 0 Å². The summed E-state index contributed by atoms with van der Waals surface area (Å²) >= 11 is 0. The number of benzene rings is 1. The van der Waals surface area contributed by atoms with E-state index in [0.717, 1.165) is 12.8 Å². The zero-order valence-corrected chi connectivity index (χ0v) is 10.3. The molecule has 0 saturated heterocycles. The van der Waals surface area contributed by atoms with E-state index in [9.17, 15) is 4.79 Å². The lowest BCUT2D eigenvalue weighted by Gasteiger charge is -1.98. The Kier molecular flexibility index (Phi) is 4.86. The Labute approximate surface area is 105 Å². The molecule has 1 aromatic heterocycles. The van der Waals surface area contributed by atoms with Crippen LogP contribution in [-0.2, 0) is 6.54 Å². The summed E-state index contributed by atoms with van der Waals surface area (Å²) in [4.78, 5) is 10.8. The lowest BCUT2D eigenvalue weighted by atomic mass is 10.2. The van der Waals surface area contributed by atoms with Crippen LogP contribution in [0.4, 0.5) is 0 Å². The molecule has 1 aromatic carbocycles. The number of aromatic nitrogens is 1. The second kappa shape index (κ2) is 6.18. The maximum atomic E-state index is 10.8. The number of aldehydes is 1. The van der Waals surface area contributed by atoms with Gasteiger partial charge < -0.3 is 17.0 Å². The van der Waals surface area contributed by atoms with Crippen molar-refractivity contribution in [3.05, 3.63) is 66.0 Å². The van der Waals surface area contributed by atoms with Gasteiger partial charge in [0.1, 0.15) is 0 Å². The minimum Gasteiger partial charge on any atom is -1.00 e. The molecule has 0 radical (unpaired) electrons. The molecule has 0 aliphatic heterocycles. The van der Waals surface area contributed by atoms with E-state index in [1.54, 1.807) is 0 Å². The first-order valence-electron chi connectivity index (χ1n) is 4.88. The first-order chi connectivity index (χ1) is 7.40. The topological polar surface area (TPSA) is 20.9 Å². The average molecular weight is 278 g/mol. The van der Waals surface area contributed by atoms with Gasteiger partial charge in [-0.25, -0.2) is 0 Å². The molecule has 0 aliphatic rings. The number of halogens is 1. The number of pyridine rings is 1. The summed E-state index contributed by atoms with van der Waals surface area (Å²) in [6.07, 6.45) is 2.79. The smallest absolute Gasteiger partial charge is 0.245 e. The van der Waals surface area contributed by atoms with E-state index in [-0.39, 0.29) is 17.0 Å². The Bertz CT molecular complexity index is 456. The monoisotopic (exact) mass is 277 g/mol. The Morgan fingerprint density at radius 2 is 1.69 bits per heavy atom. The minimum atomic E-state index is 0. The maximum Gasteiger partial charge on any atom is 0.245 e. The largest absolute Gasteiger partial charge is 1.00 e. The number of hydrogen-bond acceptors (Lipinski definition) is 1. The molecule has 0 aliphatic carbocycles. The summed E-state index contributed by atoms with van der Waals surface area (Å²) in [5.41, 5.74) is 1.89. The zero-order chi connectivity index (χ0) is 10.5. The summed E-state index contributed by atoms with van der Waals surface area (Å²) in [6, 6.07) is 15.7. The fourth-order valence-corrected chi connectivity index (χ4v) is 1.52. The molecular formula is C13H12BrNO. The molecule has 0 fully saturated rings. The van der Waals surface area contributed by atoms with Gasteiger partial charge in [-0.15, -0.1) is 0 Å². The van der Waals surface area contributed by atoms with E-state index < -0.39 is 0 Å². The van der Waals surface area contributed by atoms with Crippen LogP contribution in [0.5, 0.6) is 0 Å². The highest BCUT2D eigenvalue weighted by Gasteiger charge is 2.07.